The highest BCUT2D eigenvalue weighted by Gasteiger charge is 2.59. The predicted molar refractivity (Wildman–Crippen MR) is 43.4 cm³/mol. The Labute approximate surface area is 70.2 Å². The van der Waals surface area contributed by atoms with Crippen molar-refractivity contribution >= 4 is 5.69 Å². The summed E-state index contributed by atoms with van der Waals surface area (Å²) in [6.45, 7) is 2.09. The molecule has 0 aromatic heterocycles. The number of nitrogens with one attached hydrogen (secondary N) is 1. The Balaban J connectivity index is 2.13. The normalized spacial score (nSPS) is 28.2. The van der Waals surface area contributed by atoms with Crippen LogP contribution in [0.2, 0.25) is 0 Å². The summed E-state index contributed by atoms with van der Waals surface area (Å²) in [7, 11) is 0. The zero-order valence-electron chi connectivity index (χ0n) is 6.70. The van der Waals surface area contributed by atoms with Crippen LogP contribution in [0.1, 0.15) is 18.4 Å². The van der Waals surface area contributed by atoms with Gasteiger partial charge in [0.2, 0.25) is 0 Å². The van der Waals surface area contributed by atoms with Crippen LogP contribution in [0.3, 0.4) is 0 Å². The molecule has 0 bridgehead atoms. The van der Waals surface area contributed by atoms with Gasteiger partial charge in [-0.15, -0.1) is 0 Å². The number of para-hydroxylation sites is 1. The first kappa shape index (κ1) is 6.46. The van der Waals surface area contributed by atoms with Gasteiger partial charge in [-0.2, -0.15) is 9.78 Å². The fraction of sp³-hybridized carbons (Fsp3) is 0.333. The van der Waals surface area contributed by atoms with Crippen molar-refractivity contribution in [1.82, 2.24) is 0 Å². The topological polar surface area (TPSA) is 37.1 Å². The molecule has 2 aliphatic heterocycles. The molecule has 62 valence electrons. The lowest BCUT2D eigenvalue weighted by Gasteiger charge is -2.03. The second-order valence-corrected chi connectivity index (χ2v) is 3.27. The van der Waals surface area contributed by atoms with Gasteiger partial charge in [-0.25, -0.2) is 0 Å². The number of anilines is 1. The van der Waals surface area contributed by atoms with Gasteiger partial charge < -0.3 is 5.32 Å². The summed E-state index contributed by atoms with van der Waals surface area (Å²) in [6.07, 6.45) is 0. The molecular weight excluding hydrogens is 154 g/mol. The minimum Gasteiger partial charge on any atom is -0.330 e. The third-order valence-electron chi connectivity index (χ3n) is 2.57. The molecule has 2 heterocycles. The highest BCUT2D eigenvalue weighted by atomic mass is 17.4. The molecule has 1 aromatic rings. The minimum atomic E-state index is -0.538. The molecule has 0 saturated carbocycles. The van der Waals surface area contributed by atoms with Crippen molar-refractivity contribution in [2.24, 2.45) is 0 Å². The molecular formula is C9H9NO2. The van der Waals surface area contributed by atoms with E-state index in [2.05, 4.69) is 18.3 Å². The van der Waals surface area contributed by atoms with Gasteiger partial charge in [0.15, 0.2) is 0 Å². The fourth-order valence-electron chi connectivity index (χ4n) is 1.72. The van der Waals surface area contributed by atoms with E-state index in [0.717, 1.165) is 5.69 Å². The summed E-state index contributed by atoms with van der Waals surface area (Å²) >= 11 is 0. The molecule has 1 atom stereocenters. The molecule has 1 fully saturated rings. The number of hydrogen-bond acceptors (Lipinski definition) is 3. The van der Waals surface area contributed by atoms with Crippen LogP contribution in [0.4, 0.5) is 5.69 Å². The van der Waals surface area contributed by atoms with Gasteiger partial charge in [-0.3, -0.25) is 0 Å². The lowest BCUT2D eigenvalue weighted by molar-refractivity contribution is 0.0850. The maximum absolute atomic E-state index is 4.94. The van der Waals surface area contributed by atoms with Crippen molar-refractivity contribution in [2.45, 2.75) is 18.8 Å². The van der Waals surface area contributed by atoms with Crippen LogP contribution in [-0.2, 0) is 9.78 Å². The average Bonchev–Trinajstić information content (AvgIpc) is 2.79. The van der Waals surface area contributed by atoms with E-state index in [-0.39, 0.29) is 5.92 Å². The first-order valence-corrected chi connectivity index (χ1v) is 4.06. The summed E-state index contributed by atoms with van der Waals surface area (Å²) in [5, 5.41) is 3.19. The number of hydrogen-bond donors (Lipinski definition) is 1. The van der Waals surface area contributed by atoms with Crippen molar-refractivity contribution < 1.29 is 9.78 Å². The molecule has 1 aromatic carbocycles. The van der Waals surface area contributed by atoms with Crippen molar-refractivity contribution in [1.29, 1.82) is 0 Å². The fourth-order valence-corrected chi connectivity index (χ4v) is 1.72. The highest BCUT2D eigenvalue weighted by Crippen LogP contribution is 2.50. The summed E-state index contributed by atoms with van der Waals surface area (Å²) in [5.41, 5.74) is 2.37. The van der Waals surface area contributed by atoms with Crippen LogP contribution >= 0.6 is 0 Å². The van der Waals surface area contributed by atoms with Crippen LogP contribution in [0.25, 0.3) is 0 Å². The van der Waals surface area contributed by atoms with Crippen molar-refractivity contribution in [3.8, 4) is 0 Å². The van der Waals surface area contributed by atoms with Gasteiger partial charge >= 0.3 is 5.91 Å². The van der Waals surface area contributed by atoms with Crippen molar-refractivity contribution in [3.05, 3.63) is 29.8 Å². The standard InChI is InChI=1S/C9H9NO2/c1-6-7-4-2-3-5-8(7)10-9(6)11-12-9/h2-6,10H,1H3. The van der Waals surface area contributed by atoms with E-state index >= 15 is 0 Å². The third-order valence-corrected chi connectivity index (χ3v) is 2.57. The second-order valence-electron chi connectivity index (χ2n) is 3.27. The zero-order chi connectivity index (χ0) is 8.18. The summed E-state index contributed by atoms with van der Waals surface area (Å²) < 4.78 is 0. The third kappa shape index (κ3) is 0.629. The minimum absolute atomic E-state index is 0.272. The van der Waals surface area contributed by atoms with E-state index < -0.39 is 5.91 Å². The Morgan fingerprint density at radius 3 is 2.75 bits per heavy atom. The lowest BCUT2D eigenvalue weighted by atomic mass is 10.0. The quantitative estimate of drug-likeness (QED) is 0.468. The van der Waals surface area contributed by atoms with Gasteiger partial charge in [0.25, 0.3) is 0 Å². The van der Waals surface area contributed by atoms with E-state index in [1.807, 2.05) is 18.2 Å². The molecule has 12 heavy (non-hydrogen) atoms. The summed E-state index contributed by atoms with van der Waals surface area (Å²) in [4.78, 5) is 9.88. The molecule has 1 saturated heterocycles. The number of rotatable bonds is 0. The molecule has 1 unspecified atom stereocenters. The van der Waals surface area contributed by atoms with E-state index in [1.54, 1.807) is 0 Å². The lowest BCUT2D eigenvalue weighted by Crippen LogP contribution is -2.21. The molecule has 3 heteroatoms. The molecule has 0 radical (unpaired) electrons. The Morgan fingerprint density at radius 2 is 2.08 bits per heavy atom. The van der Waals surface area contributed by atoms with Gasteiger partial charge in [0.1, 0.15) is 0 Å². The summed E-state index contributed by atoms with van der Waals surface area (Å²) in [6, 6.07) is 8.15. The largest absolute Gasteiger partial charge is 0.330 e. The molecule has 3 nitrogen and oxygen atoms in total. The molecule has 3 rings (SSSR count). The first-order chi connectivity index (χ1) is 5.82. The van der Waals surface area contributed by atoms with E-state index in [0.29, 0.717) is 0 Å². The molecule has 2 aliphatic rings. The molecule has 0 aliphatic carbocycles. The predicted octanol–water partition coefficient (Wildman–Crippen LogP) is 1.83. The van der Waals surface area contributed by atoms with Crippen LogP contribution in [0.15, 0.2) is 24.3 Å². The van der Waals surface area contributed by atoms with Gasteiger partial charge in [-0.05, 0) is 11.6 Å². The van der Waals surface area contributed by atoms with Crippen LogP contribution in [0, 0.1) is 0 Å². The summed E-state index contributed by atoms with van der Waals surface area (Å²) in [5.74, 6) is -0.266. The highest BCUT2D eigenvalue weighted by molar-refractivity contribution is 5.60. The SMILES string of the molecule is CC1c2ccccc2NC12OO2. The Morgan fingerprint density at radius 1 is 1.33 bits per heavy atom. The van der Waals surface area contributed by atoms with Crippen molar-refractivity contribution in [2.75, 3.05) is 5.32 Å². The van der Waals surface area contributed by atoms with Crippen LogP contribution in [0.5, 0.6) is 0 Å². The van der Waals surface area contributed by atoms with Crippen LogP contribution < -0.4 is 5.32 Å². The van der Waals surface area contributed by atoms with Gasteiger partial charge in [0, 0.05) is 5.69 Å². The van der Waals surface area contributed by atoms with Gasteiger partial charge in [0.05, 0.1) is 5.92 Å². The Bertz CT molecular complexity index is 333. The maximum atomic E-state index is 4.94. The Kier molecular flexibility index (Phi) is 0.975. The first-order valence-electron chi connectivity index (χ1n) is 4.06. The van der Waals surface area contributed by atoms with Crippen LogP contribution in [-0.4, -0.2) is 5.91 Å². The Hall–Kier alpha value is -1.06. The monoisotopic (exact) mass is 163 g/mol. The molecule has 1 N–H and O–H groups in total. The van der Waals surface area contributed by atoms with E-state index in [9.17, 15) is 0 Å². The number of benzene rings is 1. The second kappa shape index (κ2) is 1.81. The smallest absolute Gasteiger partial charge is 0.314 e. The molecule has 0 amide bonds. The van der Waals surface area contributed by atoms with Crippen molar-refractivity contribution in [3.63, 3.8) is 0 Å². The van der Waals surface area contributed by atoms with E-state index in [1.165, 1.54) is 5.56 Å². The van der Waals surface area contributed by atoms with E-state index in [4.69, 9.17) is 9.78 Å². The number of fused-ring (bicyclic) bond motifs is 1. The molecule has 1 spiro atoms. The zero-order valence-corrected chi connectivity index (χ0v) is 6.70. The maximum Gasteiger partial charge on any atom is 0.314 e. The van der Waals surface area contributed by atoms with Gasteiger partial charge in [-0.1, -0.05) is 25.1 Å². The average molecular weight is 163 g/mol.